The molecule has 2 N–H and O–H groups in total. The smallest absolute Gasteiger partial charge is 0.316 e. The van der Waals surface area contributed by atoms with Crippen LogP contribution in [0.4, 0.5) is 4.79 Å². The van der Waals surface area contributed by atoms with Crippen LogP contribution in [0.3, 0.4) is 0 Å². The first-order chi connectivity index (χ1) is 7.57. The molecule has 0 aromatic carbocycles. The van der Waals surface area contributed by atoms with Crippen LogP contribution >= 0.6 is 0 Å². The number of esters is 1. The van der Waals surface area contributed by atoms with E-state index in [0.29, 0.717) is 19.5 Å². The summed E-state index contributed by atoms with van der Waals surface area (Å²) < 4.78 is 4.51. The Bertz CT molecular complexity index is 219. The first-order valence-corrected chi connectivity index (χ1v) is 5.30. The molecular weight excluding hydrogens is 210 g/mol. The van der Waals surface area contributed by atoms with Gasteiger partial charge in [-0.1, -0.05) is 0 Å². The Morgan fingerprint density at radius 3 is 2.44 bits per heavy atom. The van der Waals surface area contributed by atoms with Crippen molar-refractivity contribution >= 4 is 12.0 Å². The Balaban J connectivity index is 3.22. The van der Waals surface area contributed by atoms with E-state index in [1.54, 1.807) is 14.1 Å². The molecule has 0 aromatic rings. The van der Waals surface area contributed by atoms with Gasteiger partial charge in [-0.2, -0.15) is 0 Å². The average Bonchev–Trinajstić information content (AvgIpc) is 2.26. The highest BCUT2D eigenvalue weighted by molar-refractivity contribution is 5.73. The molecule has 0 heterocycles. The van der Waals surface area contributed by atoms with Crippen molar-refractivity contribution in [2.45, 2.75) is 12.8 Å². The molecule has 0 fully saturated rings. The number of carbonyl (C=O) groups excluding carboxylic acids is 2. The van der Waals surface area contributed by atoms with E-state index in [9.17, 15) is 9.59 Å². The number of nitrogens with zero attached hydrogens (tertiary/aromatic N) is 1. The lowest BCUT2D eigenvalue weighted by molar-refractivity contribution is -0.140. The summed E-state index contributed by atoms with van der Waals surface area (Å²) in [6.07, 6.45) is 1.17. The van der Waals surface area contributed by atoms with Crippen molar-refractivity contribution in [1.29, 1.82) is 0 Å². The number of nitrogens with one attached hydrogen (secondary N) is 2. The van der Waals surface area contributed by atoms with Gasteiger partial charge in [-0.3, -0.25) is 4.79 Å². The summed E-state index contributed by atoms with van der Waals surface area (Å²) in [5, 5.41) is 5.84. The van der Waals surface area contributed by atoms with Crippen LogP contribution in [0.25, 0.3) is 0 Å². The highest BCUT2D eigenvalue weighted by Crippen LogP contribution is 1.88. The van der Waals surface area contributed by atoms with Gasteiger partial charge in [0, 0.05) is 33.6 Å². The van der Waals surface area contributed by atoms with E-state index in [2.05, 4.69) is 15.4 Å². The van der Waals surface area contributed by atoms with E-state index >= 15 is 0 Å². The zero-order valence-corrected chi connectivity index (χ0v) is 10.2. The van der Waals surface area contributed by atoms with Gasteiger partial charge in [0.05, 0.1) is 7.11 Å². The van der Waals surface area contributed by atoms with Gasteiger partial charge < -0.3 is 20.3 Å². The lowest BCUT2D eigenvalue weighted by Gasteiger charge is -2.12. The van der Waals surface area contributed by atoms with Gasteiger partial charge in [0.25, 0.3) is 0 Å². The zero-order chi connectivity index (χ0) is 12.4. The number of hydrogen-bond acceptors (Lipinski definition) is 4. The minimum absolute atomic E-state index is 0.101. The molecule has 94 valence electrons. The van der Waals surface area contributed by atoms with Crippen molar-refractivity contribution in [2.24, 2.45) is 0 Å². The largest absolute Gasteiger partial charge is 0.469 e. The van der Waals surface area contributed by atoms with Crippen molar-refractivity contribution in [2.75, 3.05) is 40.8 Å². The van der Waals surface area contributed by atoms with Crippen LogP contribution in [0.1, 0.15) is 12.8 Å². The van der Waals surface area contributed by atoms with E-state index in [0.717, 1.165) is 13.0 Å². The van der Waals surface area contributed by atoms with Crippen LogP contribution in [0.5, 0.6) is 0 Å². The second kappa shape index (κ2) is 8.96. The fraction of sp³-hybridized carbons (Fsp3) is 0.800. The second-order valence-electron chi connectivity index (χ2n) is 3.56. The number of urea groups is 1. The summed E-state index contributed by atoms with van der Waals surface area (Å²) in [4.78, 5) is 23.3. The highest BCUT2D eigenvalue weighted by Gasteiger charge is 2.01. The van der Waals surface area contributed by atoms with Crippen molar-refractivity contribution in [1.82, 2.24) is 15.5 Å². The zero-order valence-electron chi connectivity index (χ0n) is 10.2. The predicted octanol–water partition coefficient (Wildman–Crippen LogP) is -0.200. The van der Waals surface area contributed by atoms with Crippen molar-refractivity contribution in [3.8, 4) is 0 Å². The molecule has 0 aromatic heterocycles. The normalized spacial score (nSPS) is 9.69. The number of methoxy groups -OCH3 is 1. The molecule has 0 aliphatic rings. The number of amides is 2. The minimum Gasteiger partial charge on any atom is -0.469 e. The van der Waals surface area contributed by atoms with Crippen LogP contribution < -0.4 is 10.6 Å². The maximum absolute atomic E-state index is 11.1. The highest BCUT2D eigenvalue weighted by atomic mass is 16.5. The molecular formula is C10H21N3O3. The number of hydrogen-bond donors (Lipinski definition) is 2. The van der Waals surface area contributed by atoms with Crippen LogP contribution in [-0.4, -0.2) is 57.7 Å². The molecule has 16 heavy (non-hydrogen) atoms. The fourth-order valence-electron chi connectivity index (χ4n) is 1.00. The fourth-order valence-corrected chi connectivity index (χ4v) is 1.00. The van der Waals surface area contributed by atoms with Gasteiger partial charge >= 0.3 is 12.0 Å². The number of carbonyl (C=O) groups is 2. The lowest BCUT2D eigenvalue weighted by Crippen LogP contribution is -2.38. The third kappa shape index (κ3) is 8.05. The first-order valence-electron chi connectivity index (χ1n) is 5.30. The minimum atomic E-state index is -0.192. The van der Waals surface area contributed by atoms with E-state index < -0.39 is 0 Å². The molecule has 0 rings (SSSR count). The van der Waals surface area contributed by atoms with Gasteiger partial charge in [0.15, 0.2) is 0 Å². The van der Waals surface area contributed by atoms with Gasteiger partial charge in [0.1, 0.15) is 0 Å². The molecule has 0 saturated heterocycles. The van der Waals surface area contributed by atoms with Gasteiger partial charge in [0.2, 0.25) is 0 Å². The molecule has 2 amide bonds. The average molecular weight is 231 g/mol. The number of ether oxygens (including phenoxy) is 1. The van der Waals surface area contributed by atoms with Gasteiger partial charge in [-0.25, -0.2) is 4.79 Å². The van der Waals surface area contributed by atoms with Gasteiger partial charge in [-0.05, 0) is 13.0 Å². The Labute approximate surface area is 96.3 Å². The number of rotatable bonds is 7. The summed E-state index contributed by atoms with van der Waals surface area (Å²) >= 11 is 0. The molecule has 6 nitrogen and oxygen atoms in total. The van der Waals surface area contributed by atoms with Gasteiger partial charge in [-0.15, -0.1) is 0 Å². The van der Waals surface area contributed by atoms with Crippen LogP contribution in [0.2, 0.25) is 0 Å². The van der Waals surface area contributed by atoms with E-state index in [1.807, 2.05) is 0 Å². The van der Waals surface area contributed by atoms with E-state index in [-0.39, 0.29) is 12.0 Å². The Morgan fingerprint density at radius 1 is 1.19 bits per heavy atom. The summed E-state index contributed by atoms with van der Waals surface area (Å²) in [5.41, 5.74) is 0. The predicted molar refractivity (Wildman–Crippen MR) is 61.2 cm³/mol. The van der Waals surface area contributed by atoms with Crippen molar-refractivity contribution in [3.05, 3.63) is 0 Å². The molecule has 0 atom stereocenters. The SMILES string of the molecule is COC(=O)CCCNCCNC(=O)N(C)C. The molecule has 0 aliphatic heterocycles. The summed E-state index contributed by atoms with van der Waals surface area (Å²) in [7, 11) is 4.77. The Kier molecular flexibility index (Phi) is 8.24. The standard InChI is InChI=1S/C10H21N3O3/c1-13(2)10(15)12-8-7-11-6-4-5-9(14)16-3/h11H,4-8H2,1-3H3,(H,12,15). The topological polar surface area (TPSA) is 70.7 Å². The molecule has 0 spiro atoms. The second-order valence-corrected chi connectivity index (χ2v) is 3.56. The maximum atomic E-state index is 11.1. The molecule has 0 bridgehead atoms. The molecule has 0 saturated carbocycles. The Hall–Kier alpha value is -1.30. The molecule has 0 unspecified atom stereocenters. The first kappa shape index (κ1) is 14.7. The van der Waals surface area contributed by atoms with Crippen LogP contribution in [0.15, 0.2) is 0 Å². The summed E-state index contributed by atoms with van der Waals surface area (Å²) in [5.74, 6) is -0.192. The third-order valence-electron chi connectivity index (χ3n) is 1.95. The molecule has 0 radical (unpaired) electrons. The van der Waals surface area contributed by atoms with Crippen LogP contribution in [-0.2, 0) is 9.53 Å². The Morgan fingerprint density at radius 2 is 1.88 bits per heavy atom. The van der Waals surface area contributed by atoms with E-state index in [1.165, 1.54) is 12.0 Å². The van der Waals surface area contributed by atoms with Crippen LogP contribution in [0, 0.1) is 0 Å². The summed E-state index contributed by atoms with van der Waals surface area (Å²) in [6, 6.07) is -0.101. The van der Waals surface area contributed by atoms with E-state index in [4.69, 9.17) is 0 Å². The lowest BCUT2D eigenvalue weighted by atomic mass is 10.3. The third-order valence-corrected chi connectivity index (χ3v) is 1.95. The molecule has 6 heteroatoms. The maximum Gasteiger partial charge on any atom is 0.316 e. The summed E-state index contributed by atoms with van der Waals surface area (Å²) in [6.45, 7) is 2.02. The van der Waals surface area contributed by atoms with Crippen molar-refractivity contribution in [3.63, 3.8) is 0 Å². The quantitative estimate of drug-likeness (QED) is 0.470. The van der Waals surface area contributed by atoms with Crippen molar-refractivity contribution < 1.29 is 14.3 Å². The molecule has 0 aliphatic carbocycles. The monoisotopic (exact) mass is 231 g/mol.